The number of hydrogen-bond donors (Lipinski definition) is 0. The summed E-state index contributed by atoms with van der Waals surface area (Å²) in [6, 6.07) is 0. The lowest BCUT2D eigenvalue weighted by molar-refractivity contribution is 0.183. The van der Waals surface area contributed by atoms with Crippen molar-refractivity contribution in [3.8, 4) is 0 Å². The summed E-state index contributed by atoms with van der Waals surface area (Å²) in [5.74, 6) is 0.895. The first kappa shape index (κ1) is 13.3. The summed E-state index contributed by atoms with van der Waals surface area (Å²) in [5, 5.41) is 0. The molecule has 1 spiro atoms. The average molecular weight is 254 g/mol. The van der Waals surface area contributed by atoms with E-state index in [-0.39, 0.29) is 10.8 Å². The first-order valence-corrected chi connectivity index (χ1v) is 8.04. The van der Waals surface area contributed by atoms with Crippen molar-refractivity contribution >= 4 is 10.8 Å². The van der Waals surface area contributed by atoms with Crippen LogP contribution in [-0.4, -0.2) is 9.96 Å². The van der Waals surface area contributed by atoms with Crippen molar-refractivity contribution in [2.24, 2.45) is 16.2 Å². The SMILES string of the molecule is CC(C)(C)C1=C(C(C)(C)C)C2(CCC2)CS1=O. The largest absolute Gasteiger partial charge is 0.255 e. The lowest BCUT2D eigenvalue weighted by Gasteiger charge is -2.45. The number of allylic oxidation sites excluding steroid dienone is 2. The van der Waals surface area contributed by atoms with Crippen molar-refractivity contribution in [2.45, 2.75) is 60.8 Å². The van der Waals surface area contributed by atoms with E-state index in [1.807, 2.05) is 0 Å². The molecule has 1 fully saturated rings. The summed E-state index contributed by atoms with van der Waals surface area (Å²) >= 11 is 0. The van der Waals surface area contributed by atoms with Gasteiger partial charge in [-0.25, -0.2) is 0 Å². The summed E-state index contributed by atoms with van der Waals surface area (Å²) in [6.45, 7) is 13.5. The molecule has 1 nitrogen and oxygen atoms in total. The molecule has 0 radical (unpaired) electrons. The third kappa shape index (κ3) is 2.03. The Morgan fingerprint density at radius 1 is 1.00 bits per heavy atom. The topological polar surface area (TPSA) is 17.1 Å². The van der Waals surface area contributed by atoms with Crippen LogP contribution < -0.4 is 0 Å². The molecule has 1 aliphatic carbocycles. The van der Waals surface area contributed by atoms with Crippen molar-refractivity contribution in [3.63, 3.8) is 0 Å². The molecule has 1 aliphatic heterocycles. The van der Waals surface area contributed by atoms with Gasteiger partial charge in [0.15, 0.2) is 0 Å². The third-order valence-corrected chi connectivity index (χ3v) is 6.22. The first-order valence-electron chi connectivity index (χ1n) is 6.72. The highest BCUT2D eigenvalue weighted by atomic mass is 32.2. The van der Waals surface area contributed by atoms with Crippen LogP contribution in [0.2, 0.25) is 0 Å². The third-order valence-electron chi connectivity index (χ3n) is 4.13. The standard InChI is InChI=1S/C15H26OS/c1-13(2,3)11-12(14(4,5)6)17(16)10-15(11)8-7-9-15/h7-10H2,1-6H3. The molecule has 0 amide bonds. The van der Waals surface area contributed by atoms with Crippen molar-refractivity contribution in [3.05, 3.63) is 10.5 Å². The fourth-order valence-corrected chi connectivity index (χ4v) is 6.11. The normalized spacial score (nSPS) is 28.7. The smallest absolute Gasteiger partial charge is 0.0502 e. The predicted molar refractivity (Wildman–Crippen MR) is 75.2 cm³/mol. The van der Waals surface area contributed by atoms with E-state index in [9.17, 15) is 4.21 Å². The van der Waals surface area contributed by atoms with Crippen LogP contribution in [0.5, 0.6) is 0 Å². The molecular formula is C15H26OS. The Morgan fingerprint density at radius 2 is 1.53 bits per heavy atom. The van der Waals surface area contributed by atoms with Gasteiger partial charge in [0.2, 0.25) is 0 Å². The van der Waals surface area contributed by atoms with Gasteiger partial charge in [0.25, 0.3) is 0 Å². The van der Waals surface area contributed by atoms with E-state index in [1.165, 1.54) is 29.7 Å². The molecule has 2 rings (SSSR count). The Bertz CT molecular complexity index is 386. The molecule has 0 bridgehead atoms. The fourth-order valence-electron chi connectivity index (χ4n) is 3.60. The van der Waals surface area contributed by atoms with Gasteiger partial charge in [-0.05, 0) is 29.2 Å². The molecule has 1 atom stereocenters. The van der Waals surface area contributed by atoms with E-state index < -0.39 is 10.8 Å². The maximum Gasteiger partial charge on any atom is 0.0502 e. The maximum atomic E-state index is 12.5. The van der Waals surface area contributed by atoms with Crippen molar-refractivity contribution in [1.82, 2.24) is 0 Å². The van der Waals surface area contributed by atoms with Gasteiger partial charge >= 0.3 is 0 Å². The van der Waals surface area contributed by atoms with E-state index in [1.54, 1.807) is 0 Å². The minimum absolute atomic E-state index is 0.0482. The van der Waals surface area contributed by atoms with Gasteiger partial charge in [0.05, 0.1) is 10.8 Å². The van der Waals surface area contributed by atoms with E-state index in [0.29, 0.717) is 5.41 Å². The average Bonchev–Trinajstić information content (AvgIpc) is 2.35. The molecule has 0 aromatic heterocycles. The molecule has 2 aliphatic rings. The molecule has 0 saturated heterocycles. The molecule has 0 aromatic rings. The Labute approximate surface area is 109 Å². The fraction of sp³-hybridized carbons (Fsp3) is 0.867. The van der Waals surface area contributed by atoms with Crippen LogP contribution in [0.25, 0.3) is 0 Å². The maximum absolute atomic E-state index is 12.5. The van der Waals surface area contributed by atoms with Gasteiger partial charge in [0.1, 0.15) is 0 Å². The van der Waals surface area contributed by atoms with Crippen molar-refractivity contribution < 1.29 is 4.21 Å². The molecule has 17 heavy (non-hydrogen) atoms. The van der Waals surface area contributed by atoms with Gasteiger partial charge in [-0.2, -0.15) is 0 Å². The minimum Gasteiger partial charge on any atom is -0.255 e. The second kappa shape index (κ2) is 3.69. The monoisotopic (exact) mass is 254 g/mol. The molecule has 1 saturated carbocycles. The zero-order valence-electron chi connectivity index (χ0n) is 12.1. The molecule has 1 heterocycles. The van der Waals surface area contributed by atoms with Crippen LogP contribution >= 0.6 is 0 Å². The lowest BCUT2D eigenvalue weighted by atomic mass is 9.58. The second-order valence-corrected chi connectivity index (χ2v) is 9.22. The Balaban J connectivity index is 2.60. The zero-order chi connectivity index (χ0) is 13.1. The quantitative estimate of drug-likeness (QED) is 0.631. The van der Waals surface area contributed by atoms with E-state index in [4.69, 9.17) is 0 Å². The number of rotatable bonds is 0. The lowest BCUT2D eigenvalue weighted by Crippen LogP contribution is -2.37. The van der Waals surface area contributed by atoms with Crippen LogP contribution in [0.15, 0.2) is 10.5 Å². The van der Waals surface area contributed by atoms with E-state index in [0.717, 1.165) is 5.75 Å². The molecule has 2 heteroatoms. The Hall–Kier alpha value is -0.110. The number of hydrogen-bond acceptors (Lipinski definition) is 1. The zero-order valence-corrected chi connectivity index (χ0v) is 13.0. The predicted octanol–water partition coefficient (Wildman–Crippen LogP) is 4.27. The second-order valence-electron chi connectivity index (χ2n) is 7.83. The Kier molecular flexibility index (Phi) is 2.89. The highest BCUT2D eigenvalue weighted by molar-refractivity contribution is 7.89. The van der Waals surface area contributed by atoms with E-state index in [2.05, 4.69) is 41.5 Å². The minimum atomic E-state index is -0.745. The molecule has 98 valence electrons. The highest BCUT2D eigenvalue weighted by Crippen LogP contribution is 2.60. The van der Waals surface area contributed by atoms with Crippen LogP contribution in [0.1, 0.15) is 60.8 Å². The highest BCUT2D eigenvalue weighted by Gasteiger charge is 2.53. The molecule has 0 N–H and O–H groups in total. The van der Waals surface area contributed by atoms with Gasteiger partial charge in [-0.1, -0.05) is 48.0 Å². The van der Waals surface area contributed by atoms with Gasteiger partial charge in [0, 0.05) is 16.1 Å². The molecule has 1 unspecified atom stereocenters. The van der Waals surface area contributed by atoms with Gasteiger partial charge < -0.3 is 0 Å². The summed E-state index contributed by atoms with van der Waals surface area (Å²) in [4.78, 5) is 1.25. The van der Waals surface area contributed by atoms with Crippen LogP contribution in [0, 0.1) is 16.2 Å². The summed E-state index contributed by atoms with van der Waals surface area (Å²) in [6.07, 6.45) is 3.82. The first-order chi connectivity index (χ1) is 7.58. The van der Waals surface area contributed by atoms with Crippen LogP contribution in [0.3, 0.4) is 0 Å². The summed E-state index contributed by atoms with van der Waals surface area (Å²) in [7, 11) is -0.745. The molecular weight excluding hydrogens is 228 g/mol. The summed E-state index contributed by atoms with van der Waals surface area (Å²) in [5.41, 5.74) is 2.04. The van der Waals surface area contributed by atoms with Crippen molar-refractivity contribution in [2.75, 3.05) is 5.75 Å². The van der Waals surface area contributed by atoms with Crippen LogP contribution in [0.4, 0.5) is 0 Å². The van der Waals surface area contributed by atoms with E-state index >= 15 is 0 Å². The summed E-state index contributed by atoms with van der Waals surface area (Å²) < 4.78 is 12.5. The van der Waals surface area contributed by atoms with Crippen LogP contribution in [-0.2, 0) is 10.8 Å². The Morgan fingerprint density at radius 3 is 1.82 bits per heavy atom. The molecule has 0 aromatic carbocycles. The van der Waals surface area contributed by atoms with Crippen molar-refractivity contribution in [1.29, 1.82) is 0 Å². The van der Waals surface area contributed by atoms with Gasteiger partial charge in [-0.3, -0.25) is 4.21 Å². The van der Waals surface area contributed by atoms with Gasteiger partial charge in [-0.15, -0.1) is 0 Å².